The molecule has 0 radical (unpaired) electrons. The van der Waals surface area contributed by atoms with E-state index < -0.39 is 0 Å². The number of hydrogen-bond donors (Lipinski definition) is 0. The molecular formula is C23H26N2O2. The second-order valence-corrected chi connectivity index (χ2v) is 7.07. The Morgan fingerprint density at radius 2 is 1.85 bits per heavy atom. The Bertz CT molecular complexity index is 900. The number of aromatic nitrogens is 1. The highest BCUT2D eigenvalue weighted by molar-refractivity contribution is 5.78. The predicted molar refractivity (Wildman–Crippen MR) is 108 cm³/mol. The number of rotatable bonds is 7. The van der Waals surface area contributed by atoms with E-state index in [2.05, 4.69) is 37.2 Å². The lowest BCUT2D eigenvalue weighted by molar-refractivity contribution is -0.129. The summed E-state index contributed by atoms with van der Waals surface area (Å²) in [7, 11) is 1.86. The Hall–Kier alpha value is -2.88. The van der Waals surface area contributed by atoms with Crippen molar-refractivity contribution in [2.24, 2.45) is 0 Å². The third kappa shape index (κ3) is 5.07. The summed E-state index contributed by atoms with van der Waals surface area (Å²) in [5.74, 6) is 0.996. The van der Waals surface area contributed by atoms with Crippen LogP contribution in [0.25, 0.3) is 11.3 Å². The maximum absolute atomic E-state index is 12.5. The normalized spacial score (nSPS) is 10.8. The second kappa shape index (κ2) is 8.67. The Balaban J connectivity index is 1.49. The molecule has 0 saturated carbocycles. The predicted octanol–water partition coefficient (Wildman–Crippen LogP) is 4.59. The van der Waals surface area contributed by atoms with E-state index in [-0.39, 0.29) is 5.91 Å². The van der Waals surface area contributed by atoms with Crippen molar-refractivity contribution in [2.45, 2.75) is 33.1 Å². The molecule has 3 aromatic rings. The van der Waals surface area contributed by atoms with E-state index in [1.807, 2.05) is 43.4 Å². The van der Waals surface area contributed by atoms with Crippen molar-refractivity contribution < 1.29 is 9.32 Å². The highest BCUT2D eigenvalue weighted by Gasteiger charge is 2.12. The van der Waals surface area contributed by atoms with Crippen LogP contribution in [0, 0.1) is 13.8 Å². The number of nitrogens with zero attached hydrogens (tertiary/aromatic N) is 2. The zero-order valence-electron chi connectivity index (χ0n) is 16.2. The van der Waals surface area contributed by atoms with E-state index in [0.29, 0.717) is 13.0 Å². The van der Waals surface area contributed by atoms with Crippen molar-refractivity contribution in [2.75, 3.05) is 13.6 Å². The standard InChI is InChI=1S/C23H26N2O2/c1-17-11-12-18(2)20(14-17)15-23(26)25(3)13-7-10-21-16-22(24-27-21)19-8-5-4-6-9-19/h4-6,8-9,11-12,14,16H,7,10,13,15H2,1-3H3. The molecule has 0 atom stereocenters. The minimum Gasteiger partial charge on any atom is -0.361 e. The molecule has 140 valence electrons. The third-order valence-electron chi connectivity index (χ3n) is 4.82. The van der Waals surface area contributed by atoms with Crippen LogP contribution in [-0.2, 0) is 17.6 Å². The summed E-state index contributed by atoms with van der Waals surface area (Å²) in [5.41, 5.74) is 5.36. The van der Waals surface area contributed by atoms with Crippen LogP contribution in [0.2, 0.25) is 0 Å². The number of amides is 1. The van der Waals surface area contributed by atoms with E-state index in [4.69, 9.17) is 4.52 Å². The van der Waals surface area contributed by atoms with Crippen molar-refractivity contribution >= 4 is 5.91 Å². The van der Waals surface area contributed by atoms with E-state index >= 15 is 0 Å². The van der Waals surface area contributed by atoms with Crippen LogP contribution in [-0.4, -0.2) is 29.6 Å². The van der Waals surface area contributed by atoms with Crippen molar-refractivity contribution in [3.8, 4) is 11.3 Å². The molecular weight excluding hydrogens is 336 g/mol. The average molecular weight is 362 g/mol. The highest BCUT2D eigenvalue weighted by Crippen LogP contribution is 2.19. The molecule has 0 aliphatic heterocycles. The fourth-order valence-corrected chi connectivity index (χ4v) is 3.08. The maximum Gasteiger partial charge on any atom is 0.226 e. The molecule has 1 amide bonds. The van der Waals surface area contributed by atoms with Crippen molar-refractivity contribution in [3.05, 3.63) is 77.0 Å². The summed E-state index contributed by atoms with van der Waals surface area (Å²) >= 11 is 0. The highest BCUT2D eigenvalue weighted by atomic mass is 16.5. The van der Waals surface area contributed by atoms with Gasteiger partial charge in [-0.05, 0) is 31.4 Å². The fraction of sp³-hybridized carbons (Fsp3) is 0.304. The van der Waals surface area contributed by atoms with Gasteiger partial charge in [0.05, 0.1) is 6.42 Å². The molecule has 4 nitrogen and oxygen atoms in total. The molecule has 0 saturated heterocycles. The lowest BCUT2D eigenvalue weighted by Gasteiger charge is -2.17. The molecule has 3 rings (SSSR count). The summed E-state index contributed by atoms with van der Waals surface area (Å²) in [6, 6.07) is 18.2. The van der Waals surface area contributed by atoms with Crippen molar-refractivity contribution in [1.82, 2.24) is 10.1 Å². The molecule has 2 aromatic carbocycles. The molecule has 0 aliphatic rings. The van der Waals surface area contributed by atoms with E-state index in [9.17, 15) is 4.79 Å². The second-order valence-electron chi connectivity index (χ2n) is 7.07. The van der Waals surface area contributed by atoms with Gasteiger partial charge in [0.15, 0.2) is 0 Å². The molecule has 1 heterocycles. The van der Waals surface area contributed by atoms with Crippen molar-refractivity contribution in [3.63, 3.8) is 0 Å². The number of benzene rings is 2. The zero-order valence-corrected chi connectivity index (χ0v) is 16.2. The first-order chi connectivity index (χ1) is 13.0. The zero-order chi connectivity index (χ0) is 19.2. The Morgan fingerprint density at radius 1 is 1.07 bits per heavy atom. The monoisotopic (exact) mass is 362 g/mol. The lowest BCUT2D eigenvalue weighted by atomic mass is 10.0. The summed E-state index contributed by atoms with van der Waals surface area (Å²) < 4.78 is 5.43. The van der Waals surface area contributed by atoms with Crippen molar-refractivity contribution in [1.29, 1.82) is 0 Å². The Kier molecular flexibility index (Phi) is 6.07. The first kappa shape index (κ1) is 18.9. The molecule has 0 aliphatic carbocycles. The molecule has 0 unspecified atom stereocenters. The summed E-state index contributed by atoms with van der Waals surface area (Å²) in [4.78, 5) is 14.3. The molecule has 0 fully saturated rings. The van der Waals surface area contributed by atoms with E-state index in [0.717, 1.165) is 41.0 Å². The molecule has 27 heavy (non-hydrogen) atoms. The average Bonchev–Trinajstić information content (AvgIpc) is 3.14. The van der Waals surface area contributed by atoms with Crippen LogP contribution in [0.15, 0.2) is 59.1 Å². The Morgan fingerprint density at radius 3 is 2.63 bits per heavy atom. The van der Waals surface area contributed by atoms with Gasteiger partial charge >= 0.3 is 0 Å². The quantitative estimate of drug-likeness (QED) is 0.617. The van der Waals surface area contributed by atoms with Crippen LogP contribution in [0.1, 0.15) is 28.9 Å². The van der Waals surface area contributed by atoms with Gasteiger partial charge in [0.1, 0.15) is 11.5 Å². The number of carbonyl (C=O) groups is 1. The largest absolute Gasteiger partial charge is 0.361 e. The first-order valence-electron chi connectivity index (χ1n) is 9.34. The van der Waals surface area contributed by atoms with Crippen LogP contribution < -0.4 is 0 Å². The van der Waals surface area contributed by atoms with Gasteiger partial charge in [-0.1, -0.05) is 59.3 Å². The van der Waals surface area contributed by atoms with E-state index in [1.54, 1.807) is 4.90 Å². The summed E-state index contributed by atoms with van der Waals surface area (Å²) in [5, 5.41) is 4.14. The van der Waals surface area contributed by atoms with Gasteiger partial charge in [-0.15, -0.1) is 0 Å². The first-order valence-corrected chi connectivity index (χ1v) is 9.34. The SMILES string of the molecule is Cc1ccc(C)c(CC(=O)N(C)CCCc2cc(-c3ccccc3)no2)c1. The summed E-state index contributed by atoms with van der Waals surface area (Å²) in [6.07, 6.45) is 2.06. The van der Waals surface area contributed by atoms with Gasteiger partial charge in [0, 0.05) is 31.6 Å². The third-order valence-corrected chi connectivity index (χ3v) is 4.82. The topological polar surface area (TPSA) is 46.3 Å². The smallest absolute Gasteiger partial charge is 0.226 e. The van der Waals surface area contributed by atoms with Gasteiger partial charge in [0.2, 0.25) is 5.91 Å². The minimum absolute atomic E-state index is 0.145. The molecule has 1 aromatic heterocycles. The van der Waals surface area contributed by atoms with Gasteiger partial charge in [-0.2, -0.15) is 0 Å². The number of likely N-dealkylation sites (N-methyl/N-ethyl adjacent to an activating group) is 1. The van der Waals surface area contributed by atoms with Crippen LogP contribution in [0.4, 0.5) is 0 Å². The van der Waals surface area contributed by atoms with E-state index in [1.165, 1.54) is 5.56 Å². The molecule has 0 spiro atoms. The maximum atomic E-state index is 12.5. The van der Waals surface area contributed by atoms with Crippen LogP contribution in [0.3, 0.4) is 0 Å². The van der Waals surface area contributed by atoms with Gasteiger partial charge in [-0.3, -0.25) is 4.79 Å². The fourth-order valence-electron chi connectivity index (χ4n) is 3.08. The molecule has 4 heteroatoms. The molecule has 0 bridgehead atoms. The number of hydrogen-bond acceptors (Lipinski definition) is 3. The number of aryl methyl sites for hydroxylation is 3. The van der Waals surface area contributed by atoms with Gasteiger partial charge < -0.3 is 9.42 Å². The summed E-state index contributed by atoms with van der Waals surface area (Å²) in [6.45, 7) is 4.81. The lowest BCUT2D eigenvalue weighted by Crippen LogP contribution is -2.29. The van der Waals surface area contributed by atoms with Crippen LogP contribution in [0.5, 0.6) is 0 Å². The number of carbonyl (C=O) groups excluding carboxylic acids is 1. The van der Waals surface area contributed by atoms with Gasteiger partial charge in [0.25, 0.3) is 0 Å². The molecule has 0 N–H and O–H groups in total. The van der Waals surface area contributed by atoms with Gasteiger partial charge in [-0.25, -0.2) is 0 Å². The van der Waals surface area contributed by atoms with Crippen LogP contribution >= 0.6 is 0 Å². The minimum atomic E-state index is 0.145. The Labute approximate surface area is 160 Å².